The minimum Gasteiger partial charge on any atom is -0.390 e. The van der Waals surface area contributed by atoms with Crippen LogP contribution in [-0.2, 0) is 19.9 Å². The van der Waals surface area contributed by atoms with Crippen molar-refractivity contribution in [3.63, 3.8) is 0 Å². The molecule has 1 aliphatic rings. The minimum atomic E-state index is -3.18. The third-order valence-corrected chi connectivity index (χ3v) is 6.23. The molecule has 0 radical (unpaired) electrons. The molecular weight excluding hydrogens is 292 g/mol. The fourth-order valence-corrected chi connectivity index (χ4v) is 4.83. The van der Waals surface area contributed by atoms with Crippen LogP contribution in [0.4, 0.5) is 0 Å². The second kappa shape index (κ2) is 6.49. The summed E-state index contributed by atoms with van der Waals surface area (Å²) >= 11 is 0. The van der Waals surface area contributed by atoms with Crippen LogP contribution in [0.3, 0.4) is 0 Å². The Bertz CT molecular complexity index is 488. The summed E-state index contributed by atoms with van der Waals surface area (Å²) in [6.45, 7) is 3.04. The Kier molecular flexibility index (Phi) is 5.75. The van der Waals surface area contributed by atoms with Crippen LogP contribution in [0.15, 0.2) is 0 Å². The molecule has 0 aromatic rings. The van der Waals surface area contributed by atoms with E-state index in [-0.39, 0.29) is 11.5 Å². The quantitative estimate of drug-likeness (QED) is 0.549. The van der Waals surface area contributed by atoms with E-state index in [0.717, 1.165) is 6.26 Å². The van der Waals surface area contributed by atoms with Gasteiger partial charge in [-0.1, -0.05) is 6.92 Å². The first-order valence-corrected chi connectivity index (χ1v) is 9.89. The molecule has 2 unspecified atom stereocenters. The molecule has 2 N–H and O–H groups in total. The van der Waals surface area contributed by atoms with E-state index < -0.39 is 32.0 Å². The number of sulfonamides is 1. The molecule has 7 nitrogen and oxygen atoms in total. The largest absolute Gasteiger partial charge is 0.390 e. The second-order valence-corrected chi connectivity index (χ2v) is 8.95. The summed E-state index contributed by atoms with van der Waals surface area (Å²) in [5.41, 5.74) is 0. The van der Waals surface area contributed by atoms with Gasteiger partial charge in [0, 0.05) is 19.1 Å². The van der Waals surface area contributed by atoms with Crippen molar-refractivity contribution in [3.8, 4) is 0 Å². The number of nitrogens with one attached hydrogen (secondary N) is 1. The molecule has 0 spiro atoms. The van der Waals surface area contributed by atoms with Gasteiger partial charge in [0.1, 0.15) is 0 Å². The zero-order valence-corrected chi connectivity index (χ0v) is 12.9. The van der Waals surface area contributed by atoms with Gasteiger partial charge in [0.05, 0.1) is 23.9 Å². The topological polar surface area (TPSA) is 104 Å². The zero-order chi connectivity index (χ0) is 14.7. The lowest BCUT2D eigenvalue weighted by molar-refractivity contribution is 0.165. The van der Waals surface area contributed by atoms with Crippen LogP contribution in [0, 0.1) is 0 Å². The third-order valence-electron chi connectivity index (χ3n) is 3.14. The average molecular weight is 314 g/mol. The number of sulfone groups is 1. The molecular formula is C10H22N2O5S2. The second-order valence-electron chi connectivity index (χ2n) is 4.81. The molecule has 2 atom stereocenters. The van der Waals surface area contributed by atoms with Crippen LogP contribution in [0.1, 0.15) is 13.3 Å². The van der Waals surface area contributed by atoms with Crippen molar-refractivity contribution in [2.45, 2.75) is 25.5 Å². The molecule has 1 rings (SSSR count). The van der Waals surface area contributed by atoms with Gasteiger partial charge in [-0.25, -0.2) is 21.1 Å². The Balaban J connectivity index is 2.32. The number of hydrogen-bond donors (Lipinski definition) is 2. The van der Waals surface area contributed by atoms with Crippen LogP contribution in [0.25, 0.3) is 0 Å². The molecule has 0 saturated carbocycles. The summed E-state index contributed by atoms with van der Waals surface area (Å²) in [7, 11) is -6.33. The van der Waals surface area contributed by atoms with Crippen LogP contribution in [-0.4, -0.2) is 75.8 Å². The number of hydrogen-bond acceptors (Lipinski definition) is 6. The minimum absolute atomic E-state index is 0.0578. The van der Waals surface area contributed by atoms with E-state index in [1.165, 1.54) is 4.31 Å². The summed E-state index contributed by atoms with van der Waals surface area (Å²) in [4.78, 5) is 0. The van der Waals surface area contributed by atoms with E-state index >= 15 is 0 Å². The molecule has 1 fully saturated rings. The van der Waals surface area contributed by atoms with Gasteiger partial charge >= 0.3 is 0 Å². The highest BCUT2D eigenvalue weighted by molar-refractivity contribution is 7.91. The molecule has 19 heavy (non-hydrogen) atoms. The van der Waals surface area contributed by atoms with Gasteiger partial charge < -0.3 is 10.4 Å². The Morgan fingerprint density at radius 2 is 2.00 bits per heavy atom. The monoisotopic (exact) mass is 314 g/mol. The Morgan fingerprint density at radius 1 is 1.37 bits per heavy atom. The lowest BCUT2D eigenvalue weighted by atomic mass is 10.2. The maximum atomic E-state index is 11.3. The van der Waals surface area contributed by atoms with Crippen molar-refractivity contribution >= 4 is 19.9 Å². The van der Waals surface area contributed by atoms with Crippen molar-refractivity contribution in [2.24, 2.45) is 0 Å². The standard InChI is InChI=1S/C10H22N2O5S2/c1-3-12(18(2,14)15)6-4-5-11-9-7-19(16,17)8-10(9)13/h9-11,13H,3-8H2,1-2H3. The summed E-state index contributed by atoms with van der Waals surface area (Å²) in [6.07, 6.45) is 0.865. The Labute approximate surface area is 115 Å². The van der Waals surface area contributed by atoms with Gasteiger partial charge in [-0.15, -0.1) is 0 Å². The lowest BCUT2D eigenvalue weighted by Crippen LogP contribution is -2.40. The molecule has 0 aromatic carbocycles. The summed E-state index contributed by atoms with van der Waals surface area (Å²) in [6, 6.07) is -0.446. The number of aliphatic hydroxyl groups excluding tert-OH is 1. The van der Waals surface area contributed by atoms with Gasteiger partial charge in [0.25, 0.3) is 0 Å². The van der Waals surface area contributed by atoms with Gasteiger partial charge in [0.2, 0.25) is 10.0 Å². The summed E-state index contributed by atoms with van der Waals surface area (Å²) in [5.74, 6) is -0.257. The molecule has 0 amide bonds. The van der Waals surface area contributed by atoms with Crippen LogP contribution in [0.2, 0.25) is 0 Å². The molecule has 0 aliphatic carbocycles. The smallest absolute Gasteiger partial charge is 0.211 e. The van der Waals surface area contributed by atoms with Crippen molar-refractivity contribution in [1.29, 1.82) is 0 Å². The molecule has 114 valence electrons. The van der Waals surface area contributed by atoms with E-state index in [2.05, 4.69) is 5.32 Å². The fourth-order valence-electron chi connectivity index (χ4n) is 2.13. The van der Waals surface area contributed by atoms with Gasteiger partial charge in [0.15, 0.2) is 9.84 Å². The van der Waals surface area contributed by atoms with Gasteiger partial charge in [-0.3, -0.25) is 0 Å². The summed E-state index contributed by atoms with van der Waals surface area (Å²) < 4.78 is 46.6. The van der Waals surface area contributed by atoms with Gasteiger partial charge in [-0.05, 0) is 13.0 Å². The maximum absolute atomic E-state index is 11.3. The van der Waals surface area contributed by atoms with E-state index in [4.69, 9.17) is 0 Å². The van der Waals surface area contributed by atoms with Gasteiger partial charge in [-0.2, -0.15) is 0 Å². The molecule has 1 heterocycles. The Morgan fingerprint density at radius 3 is 2.42 bits per heavy atom. The first-order valence-electron chi connectivity index (χ1n) is 6.22. The first-order chi connectivity index (χ1) is 8.65. The highest BCUT2D eigenvalue weighted by Gasteiger charge is 2.35. The average Bonchev–Trinajstić information content (AvgIpc) is 2.50. The number of aliphatic hydroxyl groups is 1. The molecule has 0 bridgehead atoms. The zero-order valence-electron chi connectivity index (χ0n) is 11.2. The normalized spacial score (nSPS) is 26.9. The lowest BCUT2D eigenvalue weighted by Gasteiger charge is -2.19. The number of rotatable bonds is 7. The van der Waals surface area contributed by atoms with Crippen molar-refractivity contribution < 1.29 is 21.9 Å². The van der Waals surface area contributed by atoms with Crippen LogP contribution < -0.4 is 5.32 Å². The number of nitrogens with zero attached hydrogens (tertiary/aromatic N) is 1. The van der Waals surface area contributed by atoms with Crippen molar-refractivity contribution in [1.82, 2.24) is 9.62 Å². The molecule has 0 aromatic heterocycles. The van der Waals surface area contributed by atoms with Crippen LogP contribution in [0.5, 0.6) is 0 Å². The predicted molar refractivity (Wildman–Crippen MR) is 73.2 cm³/mol. The van der Waals surface area contributed by atoms with E-state index in [1.807, 2.05) is 0 Å². The molecule has 1 saturated heterocycles. The molecule has 1 aliphatic heterocycles. The maximum Gasteiger partial charge on any atom is 0.211 e. The van der Waals surface area contributed by atoms with E-state index in [0.29, 0.717) is 26.1 Å². The Hall–Kier alpha value is -0.220. The predicted octanol–water partition coefficient (Wildman–Crippen LogP) is -1.59. The first kappa shape index (κ1) is 16.8. The van der Waals surface area contributed by atoms with E-state index in [1.54, 1.807) is 6.92 Å². The van der Waals surface area contributed by atoms with Crippen molar-refractivity contribution in [3.05, 3.63) is 0 Å². The highest BCUT2D eigenvalue weighted by Crippen LogP contribution is 2.12. The summed E-state index contributed by atoms with van der Waals surface area (Å²) in [5, 5.41) is 12.5. The SMILES string of the molecule is CCN(CCCNC1CS(=O)(=O)CC1O)S(C)(=O)=O. The van der Waals surface area contributed by atoms with E-state index in [9.17, 15) is 21.9 Å². The van der Waals surface area contributed by atoms with Crippen molar-refractivity contribution in [2.75, 3.05) is 37.4 Å². The third kappa shape index (κ3) is 5.35. The highest BCUT2D eigenvalue weighted by atomic mass is 32.2. The van der Waals surface area contributed by atoms with Crippen LogP contribution >= 0.6 is 0 Å². The fraction of sp³-hybridized carbons (Fsp3) is 1.00. The molecule has 9 heteroatoms.